The first-order valence-electron chi connectivity index (χ1n) is 6.16. The third kappa shape index (κ3) is 3.82. The van der Waals surface area contributed by atoms with Crippen molar-refractivity contribution in [2.45, 2.75) is 39.5 Å². The maximum atomic E-state index is 12.1. The normalized spacial score (nSPS) is 18.9. The highest BCUT2D eigenvalue weighted by atomic mass is 16.5. The molecular weight excluding hydrogens is 190 g/mol. The first kappa shape index (κ1) is 12.5. The quantitative estimate of drug-likeness (QED) is 0.699. The largest absolute Gasteiger partial charge is 0.378 e. The number of rotatable bonds is 5. The number of hydrogen-bond donors (Lipinski definition) is 0. The lowest BCUT2D eigenvalue weighted by Gasteiger charge is -2.30. The minimum Gasteiger partial charge on any atom is -0.378 e. The molecule has 3 heteroatoms. The second kappa shape index (κ2) is 6.83. The summed E-state index contributed by atoms with van der Waals surface area (Å²) >= 11 is 0. The predicted octanol–water partition coefficient (Wildman–Crippen LogP) is 2.06. The summed E-state index contributed by atoms with van der Waals surface area (Å²) in [6.07, 6.45) is 4.35. The van der Waals surface area contributed by atoms with Crippen LogP contribution in [0.3, 0.4) is 0 Å². The lowest BCUT2D eigenvalue weighted by atomic mass is 9.97. The molecule has 0 radical (unpaired) electrons. The van der Waals surface area contributed by atoms with Crippen molar-refractivity contribution in [2.75, 3.05) is 26.3 Å². The van der Waals surface area contributed by atoms with Gasteiger partial charge in [-0.15, -0.1) is 0 Å². The molecule has 0 saturated carbocycles. The number of nitrogens with zero attached hydrogens (tertiary/aromatic N) is 1. The van der Waals surface area contributed by atoms with Gasteiger partial charge >= 0.3 is 0 Å². The van der Waals surface area contributed by atoms with Crippen molar-refractivity contribution in [3.63, 3.8) is 0 Å². The Morgan fingerprint density at radius 2 is 2.00 bits per heavy atom. The Morgan fingerprint density at radius 3 is 2.53 bits per heavy atom. The Labute approximate surface area is 92.8 Å². The fourth-order valence-electron chi connectivity index (χ4n) is 1.99. The molecule has 88 valence electrons. The SMILES string of the molecule is CCCC[C@@H](CC)C(=O)N1CCOCC1. The molecule has 1 aliphatic heterocycles. The number of carbonyl (C=O) groups excluding carboxylic acids is 1. The first-order chi connectivity index (χ1) is 7.29. The lowest BCUT2D eigenvalue weighted by molar-refractivity contribution is -0.140. The van der Waals surface area contributed by atoms with Crippen LogP contribution in [0.2, 0.25) is 0 Å². The first-order valence-corrected chi connectivity index (χ1v) is 6.16. The Balaban J connectivity index is 2.40. The Morgan fingerprint density at radius 1 is 1.33 bits per heavy atom. The fourth-order valence-corrected chi connectivity index (χ4v) is 1.99. The van der Waals surface area contributed by atoms with Crippen LogP contribution in [0.25, 0.3) is 0 Å². The number of carbonyl (C=O) groups is 1. The Hall–Kier alpha value is -0.570. The molecule has 1 atom stereocenters. The molecule has 0 unspecified atom stereocenters. The summed E-state index contributed by atoms with van der Waals surface area (Å²) in [5.41, 5.74) is 0. The molecule has 3 nitrogen and oxygen atoms in total. The number of hydrogen-bond acceptors (Lipinski definition) is 2. The topological polar surface area (TPSA) is 29.5 Å². The monoisotopic (exact) mass is 213 g/mol. The third-order valence-corrected chi connectivity index (χ3v) is 3.07. The minimum atomic E-state index is 0.239. The molecule has 0 spiro atoms. The highest BCUT2D eigenvalue weighted by Gasteiger charge is 2.23. The summed E-state index contributed by atoms with van der Waals surface area (Å²) in [6.45, 7) is 7.25. The molecule has 0 aromatic carbocycles. The van der Waals surface area contributed by atoms with E-state index in [1.165, 1.54) is 6.42 Å². The molecule has 1 aliphatic rings. The van der Waals surface area contributed by atoms with Crippen molar-refractivity contribution in [3.8, 4) is 0 Å². The molecule has 1 amide bonds. The van der Waals surface area contributed by atoms with E-state index in [2.05, 4.69) is 13.8 Å². The molecule has 1 rings (SSSR count). The summed E-state index contributed by atoms with van der Waals surface area (Å²) < 4.78 is 5.25. The lowest BCUT2D eigenvalue weighted by Crippen LogP contribution is -2.43. The second-order valence-corrected chi connectivity index (χ2v) is 4.19. The van der Waals surface area contributed by atoms with E-state index in [0.717, 1.165) is 32.4 Å². The molecule has 1 fully saturated rings. The van der Waals surface area contributed by atoms with E-state index in [1.807, 2.05) is 4.90 Å². The van der Waals surface area contributed by atoms with Gasteiger partial charge in [0.1, 0.15) is 0 Å². The molecule has 0 aliphatic carbocycles. The Kier molecular flexibility index (Phi) is 5.69. The molecule has 1 heterocycles. The van der Waals surface area contributed by atoms with Crippen molar-refractivity contribution < 1.29 is 9.53 Å². The average Bonchev–Trinajstić information content (AvgIpc) is 2.31. The molecule has 0 aromatic rings. The smallest absolute Gasteiger partial charge is 0.225 e. The second-order valence-electron chi connectivity index (χ2n) is 4.19. The van der Waals surface area contributed by atoms with Crippen LogP contribution in [-0.4, -0.2) is 37.1 Å². The number of unbranched alkanes of at least 4 members (excludes halogenated alkanes) is 1. The van der Waals surface area contributed by atoms with Crippen molar-refractivity contribution >= 4 is 5.91 Å². The van der Waals surface area contributed by atoms with E-state index in [1.54, 1.807) is 0 Å². The van der Waals surface area contributed by atoms with Gasteiger partial charge in [-0.1, -0.05) is 26.7 Å². The van der Waals surface area contributed by atoms with Gasteiger partial charge in [-0.25, -0.2) is 0 Å². The van der Waals surface area contributed by atoms with Crippen LogP contribution in [0.1, 0.15) is 39.5 Å². The summed E-state index contributed by atoms with van der Waals surface area (Å²) in [7, 11) is 0. The predicted molar refractivity (Wildman–Crippen MR) is 60.7 cm³/mol. The minimum absolute atomic E-state index is 0.239. The summed E-state index contributed by atoms with van der Waals surface area (Å²) in [4.78, 5) is 14.1. The molecule has 15 heavy (non-hydrogen) atoms. The van der Waals surface area contributed by atoms with E-state index >= 15 is 0 Å². The van der Waals surface area contributed by atoms with Gasteiger partial charge < -0.3 is 9.64 Å². The van der Waals surface area contributed by atoms with Crippen LogP contribution in [-0.2, 0) is 9.53 Å². The molecular formula is C12H23NO2. The van der Waals surface area contributed by atoms with Gasteiger partial charge in [0.2, 0.25) is 5.91 Å². The highest BCUT2D eigenvalue weighted by Crippen LogP contribution is 2.16. The number of morpholine rings is 1. The van der Waals surface area contributed by atoms with Gasteiger partial charge in [-0.05, 0) is 12.8 Å². The zero-order chi connectivity index (χ0) is 11.1. The molecule has 0 N–H and O–H groups in total. The van der Waals surface area contributed by atoms with Crippen molar-refractivity contribution in [3.05, 3.63) is 0 Å². The van der Waals surface area contributed by atoms with E-state index in [-0.39, 0.29) is 5.92 Å². The molecule has 0 bridgehead atoms. The van der Waals surface area contributed by atoms with Crippen LogP contribution >= 0.6 is 0 Å². The van der Waals surface area contributed by atoms with Crippen molar-refractivity contribution in [2.24, 2.45) is 5.92 Å². The zero-order valence-electron chi connectivity index (χ0n) is 10.00. The van der Waals surface area contributed by atoms with Crippen LogP contribution < -0.4 is 0 Å². The third-order valence-electron chi connectivity index (χ3n) is 3.07. The van der Waals surface area contributed by atoms with Crippen molar-refractivity contribution in [1.82, 2.24) is 4.90 Å². The van der Waals surface area contributed by atoms with Gasteiger partial charge in [-0.3, -0.25) is 4.79 Å². The van der Waals surface area contributed by atoms with E-state index in [9.17, 15) is 4.79 Å². The summed E-state index contributed by atoms with van der Waals surface area (Å²) in [6, 6.07) is 0. The van der Waals surface area contributed by atoms with Gasteiger partial charge in [0.25, 0.3) is 0 Å². The van der Waals surface area contributed by atoms with Crippen molar-refractivity contribution in [1.29, 1.82) is 0 Å². The van der Waals surface area contributed by atoms with Gasteiger partial charge in [0, 0.05) is 19.0 Å². The van der Waals surface area contributed by atoms with Gasteiger partial charge in [-0.2, -0.15) is 0 Å². The molecule has 1 saturated heterocycles. The summed E-state index contributed by atoms with van der Waals surface area (Å²) in [5, 5.41) is 0. The number of ether oxygens (including phenoxy) is 1. The maximum absolute atomic E-state index is 12.1. The molecule has 0 aromatic heterocycles. The van der Waals surface area contributed by atoms with E-state index < -0.39 is 0 Å². The average molecular weight is 213 g/mol. The Bertz CT molecular complexity index is 188. The van der Waals surface area contributed by atoms with Crippen LogP contribution in [0.4, 0.5) is 0 Å². The fraction of sp³-hybridized carbons (Fsp3) is 0.917. The number of amides is 1. The van der Waals surface area contributed by atoms with Crippen LogP contribution in [0, 0.1) is 5.92 Å². The van der Waals surface area contributed by atoms with Gasteiger partial charge in [0.15, 0.2) is 0 Å². The standard InChI is InChI=1S/C12H23NO2/c1-3-5-6-11(4-2)12(14)13-7-9-15-10-8-13/h11H,3-10H2,1-2H3/t11-/m1/s1. The van der Waals surface area contributed by atoms with Crippen LogP contribution in [0.15, 0.2) is 0 Å². The summed E-state index contributed by atoms with van der Waals surface area (Å²) in [5.74, 6) is 0.581. The van der Waals surface area contributed by atoms with E-state index in [0.29, 0.717) is 19.1 Å². The van der Waals surface area contributed by atoms with Gasteiger partial charge in [0.05, 0.1) is 13.2 Å². The van der Waals surface area contributed by atoms with E-state index in [4.69, 9.17) is 4.74 Å². The maximum Gasteiger partial charge on any atom is 0.225 e. The van der Waals surface area contributed by atoms with Crippen LogP contribution in [0.5, 0.6) is 0 Å². The highest BCUT2D eigenvalue weighted by molar-refractivity contribution is 5.78. The zero-order valence-corrected chi connectivity index (χ0v) is 10.00.